The maximum atomic E-state index is 12.9. The Labute approximate surface area is 176 Å². The lowest BCUT2D eigenvalue weighted by Crippen LogP contribution is -2.15. The molecule has 4 N–H and O–H groups in total. The zero-order valence-corrected chi connectivity index (χ0v) is 16.9. The lowest BCUT2D eigenvalue weighted by atomic mass is 9.77. The SMILES string of the molecule is Nc1c(-c2ccc(Cl)c3[nH]ncc23)c2cc(C3CCC3)c3ccccc3c2[nH]c1=O. The Kier molecular flexibility index (Phi) is 3.71. The second-order valence-electron chi connectivity index (χ2n) is 8.06. The van der Waals surface area contributed by atoms with Crippen molar-refractivity contribution in [2.75, 3.05) is 5.73 Å². The van der Waals surface area contributed by atoms with Crippen LogP contribution in [-0.2, 0) is 0 Å². The molecular weight excluding hydrogens is 396 g/mol. The van der Waals surface area contributed by atoms with Gasteiger partial charge in [-0.15, -0.1) is 0 Å². The van der Waals surface area contributed by atoms with E-state index in [0.717, 1.165) is 38.3 Å². The lowest BCUT2D eigenvalue weighted by Gasteiger charge is -2.28. The molecule has 30 heavy (non-hydrogen) atoms. The van der Waals surface area contributed by atoms with Crippen LogP contribution in [0.2, 0.25) is 5.02 Å². The van der Waals surface area contributed by atoms with Gasteiger partial charge < -0.3 is 10.7 Å². The molecule has 1 saturated carbocycles. The normalized spacial score (nSPS) is 14.6. The molecule has 2 aromatic heterocycles. The van der Waals surface area contributed by atoms with E-state index in [1.165, 1.54) is 30.2 Å². The molecule has 1 aliphatic carbocycles. The smallest absolute Gasteiger partial charge is 0.272 e. The van der Waals surface area contributed by atoms with E-state index in [1.54, 1.807) is 6.20 Å². The number of nitrogens with zero attached hydrogens (tertiary/aromatic N) is 1. The minimum atomic E-state index is -0.286. The van der Waals surface area contributed by atoms with Gasteiger partial charge in [-0.25, -0.2) is 0 Å². The molecule has 0 unspecified atom stereocenters. The van der Waals surface area contributed by atoms with Gasteiger partial charge in [0.1, 0.15) is 5.69 Å². The number of aromatic nitrogens is 3. The van der Waals surface area contributed by atoms with E-state index in [-0.39, 0.29) is 11.2 Å². The fourth-order valence-electron chi connectivity index (χ4n) is 4.74. The third-order valence-corrected chi connectivity index (χ3v) is 6.79. The topological polar surface area (TPSA) is 87.6 Å². The third kappa shape index (κ3) is 2.36. The molecule has 0 aliphatic heterocycles. The summed E-state index contributed by atoms with van der Waals surface area (Å²) < 4.78 is 0. The van der Waals surface area contributed by atoms with Gasteiger partial charge in [-0.3, -0.25) is 9.89 Å². The quantitative estimate of drug-likeness (QED) is 0.322. The van der Waals surface area contributed by atoms with Crippen molar-refractivity contribution in [2.45, 2.75) is 25.2 Å². The first kappa shape index (κ1) is 17.5. The van der Waals surface area contributed by atoms with Crippen LogP contribution in [0.5, 0.6) is 0 Å². The Hall–Kier alpha value is -3.31. The highest BCUT2D eigenvalue weighted by atomic mass is 35.5. The molecule has 0 atom stereocenters. The number of nitrogens with one attached hydrogen (secondary N) is 2. The van der Waals surface area contributed by atoms with E-state index in [4.69, 9.17) is 17.3 Å². The average Bonchev–Trinajstić information content (AvgIpc) is 3.21. The van der Waals surface area contributed by atoms with Crippen molar-refractivity contribution in [3.05, 3.63) is 69.6 Å². The lowest BCUT2D eigenvalue weighted by molar-refractivity contribution is 0.422. The third-order valence-electron chi connectivity index (χ3n) is 6.48. The second-order valence-corrected chi connectivity index (χ2v) is 8.47. The first-order valence-electron chi connectivity index (χ1n) is 10.1. The van der Waals surface area contributed by atoms with Crippen molar-refractivity contribution in [2.24, 2.45) is 0 Å². The Morgan fingerprint density at radius 3 is 2.57 bits per heavy atom. The van der Waals surface area contributed by atoms with Crippen LogP contribution in [0.4, 0.5) is 5.69 Å². The number of rotatable bonds is 2. The van der Waals surface area contributed by atoms with Gasteiger partial charge in [0.05, 0.1) is 22.3 Å². The van der Waals surface area contributed by atoms with Gasteiger partial charge in [0, 0.05) is 21.7 Å². The molecule has 5 nitrogen and oxygen atoms in total. The van der Waals surface area contributed by atoms with Crippen LogP contribution >= 0.6 is 11.6 Å². The number of nitrogens with two attached hydrogens (primary N) is 1. The summed E-state index contributed by atoms with van der Waals surface area (Å²) in [5.74, 6) is 0.541. The first-order valence-corrected chi connectivity index (χ1v) is 10.5. The standard InChI is InChI=1S/C24H19ClN4O/c25-19-9-8-14(18-11-27-29-23(18)19)20-17-10-16(12-4-3-5-12)13-6-1-2-7-15(13)22(17)28-24(30)21(20)26/h1-2,6-12H,3-5,26H2,(H,27,29)(H,28,30). The summed E-state index contributed by atoms with van der Waals surface area (Å²) in [6.45, 7) is 0. The molecule has 2 heterocycles. The fourth-order valence-corrected chi connectivity index (χ4v) is 4.95. The van der Waals surface area contributed by atoms with Gasteiger partial charge >= 0.3 is 0 Å². The molecule has 5 aromatic rings. The van der Waals surface area contributed by atoms with Crippen molar-refractivity contribution < 1.29 is 0 Å². The molecule has 0 spiro atoms. The van der Waals surface area contributed by atoms with Gasteiger partial charge in [0.2, 0.25) is 0 Å². The van der Waals surface area contributed by atoms with E-state index in [9.17, 15) is 4.79 Å². The molecule has 0 amide bonds. The Bertz CT molecular complexity index is 1530. The highest BCUT2D eigenvalue weighted by Crippen LogP contribution is 2.44. The first-order chi connectivity index (χ1) is 14.6. The molecular formula is C24H19ClN4O. The Morgan fingerprint density at radius 2 is 1.80 bits per heavy atom. The van der Waals surface area contributed by atoms with E-state index in [1.807, 2.05) is 18.2 Å². The maximum absolute atomic E-state index is 12.9. The fraction of sp³-hybridized carbons (Fsp3) is 0.167. The number of aromatic amines is 2. The van der Waals surface area contributed by atoms with Crippen LogP contribution in [0.1, 0.15) is 30.7 Å². The molecule has 0 saturated heterocycles. The largest absolute Gasteiger partial charge is 0.394 e. The Morgan fingerprint density at radius 1 is 1.00 bits per heavy atom. The number of benzene rings is 3. The van der Waals surface area contributed by atoms with E-state index in [2.05, 4.69) is 39.4 Å². The predicted octanol–water partition coefficient (Wildman–Crippen LogP) is 5.73. The van der Waals surface area contributed by atoms with Crippen molar-refractivity contribution in [1.29, 1.82) is 0 Å². The highest BCUT2D eigenvalue weighted by molar-refractivity contribution is 6.35. The minimum Gasteiger partial charge on any atom is -0.394 e. The number of halogens is 1. The van der Waals surface area contributed by atoms with Gasteiger partial charge in [0.25, 0.3) is 5.56 Å². The van der Waals surface area contributed by atoms with Crippen LogP contribution in [0.15, 0.2) is 53.5 Å². The van der Waals surface area contributed by atoms with Gasteiger partial charge in [-0.05, 0) is 47.4 Å². The molecule has 0 bridgehead atoms. The van der Waals surface area contributed by atoms with Crippen molar-refractivity contribution in [3.8, 4) is 11.1 Å². The average molecular weight is 415 g/mol. The number of hydrogen-bond donors (Lipinski definition) is 3. The van der Waals surface area contributed by atoms with Crippen molar-refractivity contribution in [1.82, 2.24) is 15.2 Å². The minimum absolute atomic E-state index is 0.210. The monoisotopic (exact) mass is 414 g/mol. The summed E-state index contributed by atoms with van der Waals surface area (Å²) >= 11 is 6.35. The van der Waals surface area contributed by atoms with Gasteiger partial charge in [-0.1, -0.05) is 48.4 Å². The van der Waals surface area contributed by atoms with Crippen LogP contribution in [-0.4, -0.2) is 15.2 Å². The number of H-pyrrole nitrogens is 2. The molecule has 6 rings (SSSR count). The van der Waals surface area contributed by atoms with Gasteiger partial charge in [-0.2, -0.15) is 5.10 Å². The predicted molar refractivity (Wildman–Crippen MR) is 123 cm³/mol. The molecule has 0 radical (unpaired) electrons. The van der Waals surface area contributed by atoms with Crippen LogP contribution in [0, 0.1) is 0 Å². The zero-order chi connectivity index (χ0) is 20.4. The molecule has 148 valence electrons. The maximum Gasteiger partial charge on any atom is 0.272 e. The number of hydrogen-bond acceptors (Lipinski definition) is 3. The summed E-state index contributed by atoms with van der Waals surface area (Å²) in [5.41, 5.74) is 10.8. The number of fused-ring (bicyclic) bond motifs is 4. The van der Waals surface area contributed by atoms with E-state index >= 15 is 0 Å². The van der Waals surface area contributed by atoms with Crippen molar-refractivity contribution >= 4 is 49.9 Å². The van der Waals surface area contributed by atoms with E-state index < -0.39 is 0 Å². The number of nitrogen functional groups attached to an aromatic ring is 1. The van der Waals surface area contributed by atoms with Crippen molar-refractivity contribution in [3.63, 3.8) is 0 Å². The molecule has 1 aliphatic rings. The molecule has 3 aromatic carbocycles. The zero-order valence-electron chi connectivity index (χ0n) is 16.1. The van der Waals surface area contributed by atoms with Gasteiger partial charge in [0.15, 0.2) is 0 Å². The van der Waals surface area contributed by atoms with Crippen LogP contribution in [0.3, 0.4) is 0 Å². The van der Waals surface area contributed by atoms with Crippen LogP contribution < -0.4 is 11.3 Å². The molecule has 1 fully saturated rings. The Balaban J connectivity index is 1.81. The molecule has 6 heteroatoms. The summed E-state index contributed by atoms with van der Waals surface area (Å²) in [6, 6.07) is 14.3. The summed E-state index contributed by atoms with van der Waals surface area (Å²) in [5, 5.41) is 11.7. The van der Waals surface area contributed by atoms with E-state index in [0.29, 0.717) is 10.9 Å². The summed E-state index contributed by atoms with van der Waals surface area (Å²) in [7, 11) is 0. The highest BCUT2D eigenvalue weighted by Gasteiger charge is 2.25. The second kappa shape index (κ2) is 6.34. The van der Waals surface area contributed by atoms with Crippen LogP contribution in [0.25, 0.3) is 43.7 Å². The number of pyridine rings is 1. The number of anilines is 1. The summed E-state index contributed by atoms with van der Waals surface area (Å²) in [6.07, 6.45) is 5.37. The summed E-state index contributed by atoms with van der Waals surface area (Å²) in [4.78, 5) is 15.9.